The number of rotatable bonds is 5. The maximum absolute atomic E-state index is 12.4. The molecule has 128 valence electrons. The molecule has 1 fully saturated rings. The van der Waals surface area contributed by atoms with Crippen LogP contribution in [0.3, 0.4) is 0 Å². The average Bonchev–Trinajstić information content (AvgIpc) is 2.54. The molecule has 0 aliphatic carbocycles. The van der Waals surface area contributed by atoms with Crippen molar-refractivity contribution >= 4 is 24.2 Å². The molecule has 1 aliphatic heterocycles. The quantitative estimate of drug-likeness (QED) is 0.859. The Hall–Kier alpha value is -1.59. The van der Waals surface area contributed by atoms with E-state index in [-0.39, 0.29) is 30.3 Å². The van der Waals surface area contributed by atoms with E-state index in [4.69, 9.17) is 0 Å². The van der Waals surface area contributed by atoms with E-state index < -0.39 is 0 Å². The summed E-state index contributed by atoms with van der Waals surface area (Å²) in [6.45, 7) is 4.10. The molecule has 0 bridgehead atoms. The van der Waals surface area contributed by atoms with Crippen LogP contribution in [-0.4, -0.2) is 49.4 Å². The Morgan fingerprint density at radius 3 is 2.35 bits per heavy atom. The molecule has 0 spiro atoms. The van der Waals surface area contributed by atoms with E-state index in [1.54, 1.807) is 0 Å². The number of carbonyl (C=O) groups excluding carboxylic acids is 2. The van der Waals surface area contributed by atoms with Crippen LogP contribution >= 0.6 is 12.4 Å². The summed E-state index contributed by atoms with van der Waals surface area (Å²) in [5.74, 6) is 0.164. The summed E-state index contributed by atoms with van der Waals surface area (Å²) in [7, 11) is 1.84. The van der Waals surface area contributed by atoms with Crippen molar-refractivity contribution in [1.29, 1.82) is 0 Å². The number of amides is 2. The zero-order valence-electron chi connectivity index (χ0n) is 13.8. The van der Waals surface area contributed by atoms with Crippen molar-refractivity contribution < 1.29 is 9.59 Å². The second-order valence-corrected chi connectivity index (χ2v) is 5.85. The topological polar surface area (TPSA) is 61.4 Å². The van der Waals surface area contributed by atoms with Gasteiger partial charge in [0, 0.05) is 37.7 Å². The van der Waals surface area contributed by atoms with Gasteiger partial charge in [-0.25, -0.2) is 0 Å². The van der Waals surface area contributed by atoms with Crippen LogP contribution in [-0.2, 0) is 4.79 Å². The molecule has 0 aromatic heterocycles. The molecule has 2 N–H and O–H groups in total. The van der Waals surface area contributed by atoms with Gasteiger partial charge < -0.3 is 15.5 Å². The van der Waals surface area contributed by atoms with Crippen LogP contribution in [0.5, 0.6) is 0 Å². The third-order valence-electron chi connectivity index (χ3n) is 4.05. The summed E-state index contributed by atoms with van der Waals surface area (Å²) in [4.78, 5) is 26.0. The van der Waals surface area contributed by atoms with Gasteiger partial charge in [0.05, 0.1) is 0 Å². The monoisotopic (exact) mass is 339 g/mol. The molecule has 1 saturated heterocycles. The highest BCUT2D eigenvalue weighted by molar-refractivity contribution is 5.94. The molecule has 5 nitrogen and oxygen atoms in total. The van der Waals surface area contributed by atoms with Gasteiger partial charge in [-0.3, -0.25) is 9.59 Å². The minimum Gasteiger partial charge on any atom is -0.353 e. The lowest BCUT2D eigenvalue weighted by Crippen LogP contribution is -2.46. The van der Waals surface area contributed by atoms with E-state index >= 15 is 0 Å². The first kappa shape index (κ1) is 19.5. The number of nitrogens with one attached hydrogen (secondary N) is 2. The summed E-state index contributed by atoms with van der Waals surface area (Å²) in [5, 5.41) is 6.01. The zero-order chi connectivity index (χ0) is 15.9. The highest BCUT2D eigenvalue weighted by Gasteiger charge is 2.24. The standard InChI is InChI=1S/C17H25N3O2.ClH/c1-13-3-5-14(6-4-13)17(22)20-11-8-15(9-12-20)19-16(21)7-10-18-2;/h3-6,15,18H,7-12H2,1-2H3,(H,19,21);1H. The van der Waals surface area contributed by atoms with Gasteiger partial charge in [0.25, 0.3) is 5.91 Å². The lowest BCUT2D eigenvalue weighted by atomic mass is 10.0. The number of piperidine rings is 1. The van der Waals surface area contributed by atoms with Crippen molar-refractivity contribution in [2.45, 2.75) is 32.2 Å². The summed E-state index contributed by atoms with van der Waals surface area (Å²) in [6, 6.07) is 7.86. The molecule has 1 aliphatic rings. The predicted molar refractivity (Wildman–Crippen MR) is 94.0 cm³/mol. The van der Waals surface area contributed by atoms with Crippen molar-refractivity contribution in [2.24, 2.45) is 0 Å². The summed E-state index contributed by atoms with van der Waals surface area (Å²) in [6.07, 6.45) is 2.14. The number of nitrogens with zero attached hydrogens (tertiary/aromatic N) is 1. The van der Waals surface area contributed by atoms with Gasteiger partial charge in [-0.1, -0.05) is 17.7 Å². The van der Waals surface area contributed by atoms with E-state index in [9.17, 15) is 9.59 Å². The molecule has 0 atom stereocenters. The molecule has 0 unspecified atom stereocenters. The Bertz CT molecular complexity index is 511. The fraction of sp³-hybridized carbons (Fsp3) is 0.529. The third kappa shape index (κ3) is 5.84. The molecule has 1 heterocycles. The Morgan fingerprint density at radius 1 is 1.17 bits per heavy atom. The first-order chi connectivity index (χ1) is 10.6. The summed E-state index contributed by atoms with van der Waals surface area (Å²) in [5.41, 5.74) is 1.89. The Labute approximate surface area is 144 Å². The molecular formula is C17H26ClN3O2. The van der Waals surface area contributed by atoms with Gasteiger partial charge in [-0.05, 0) is 38.9 Å². The van der Waals surface area contributed by atoms with Gasteiger partial charge in [-0.15, -0.1) is 12.4 Å². The average molecular weight is 340 g/mol. The number of hydrogen-bond donors (Lipinski definition) is 2. The van der Waals surface area contributed by atoms with Crippen LogP contribution in [0.4, 0.5) is 0 Å². The highest BCUT2D eigenvalue weighted by atomic mass is 35.5. The first-order valence-corrected chi connectivity index (χ1v) is 7.90. The second-order valence-electron chi connectivity index (χ2n) is 5.85. The zero-order valence-corrected chi connectivity index (χ0v) is 14.6. The smallest absolute Gasteiger partial charge is 0.253 e. The Balaban J connectivity index is 0.00000264. The van der Waals surface area contributed by atoms with Gasteiger partial charge >= 0.3 is 0 Å². The van der Waals surface area contributed by atoms with Crippen LogP contribution < -0.4 is 10.6 Å². The number of likely N-dealkylation sites (tertiary alicyclic amines) is 1. The molecule has 0 saturated carbocycles. The lowest BCUT2D eigenvalue weighted by Gasteiger charge is -2.32. The van der Waals surface area contributed by atoms with Crippen molar-refractivity contribution in [3.63, 3.8) is 0 Å². The molecule has 23 heavy (non-hydrogen) atoms. The third-order valence-corrected chi connectivity index (χ3v) is 4.05. The highest BCUT2D eigenvalue weighted by Crippen LogP contribution is 2.14. The molecule has 2 rings (SSSR count). The van der Waals surface area contributed by atoms with Gasteiger partial charge in [0.2, 0.25) is 5.91 Å². The number of halogens is 1. The largest absolute Gasteiger partial charge is 0.353 e. The Morgan fingerprint density at radius 2 is 1.78 bits per heavy atom. The van der Waals surface area contributed by atoms with Crippen LogP contribution in [0.2, 0.25) is 0 Å². The maximum atomic E-state index is 12.4. The fourth-order valence-electron chi connectivity index (χ4n) is 2.64. The maximum Gasteiger partial charge on any atom is 0.253 e. The van der Waals surface area contributed by atoms with Crippen molar-refractivity contribution in [1.82, 2.24) is 15.5 Å². The number of carbonyl (C=O) groups is 2. The van der Waals surface area contributed by atoms with E-state index in [0.717, 1.165) is 24.0 Å². The van der Waals surface area contributed by atoms with E-state index in [1.807, 2.05) is 43.1 Å². The van der Waals surface area contributed by atoms with Crippen molar-refractivity contribution in [2.75, 3.05) is 26.7 Å². The second kappa shape index (κ2) is 9.53. The van der Waals surface area contributed by atoms with Crippen LogP contribution in [0, 0.1) is 6.92 Å². The molecule has 0 radical (unpaired) electrons. The first-order valence-electron chi connectivity index (χ1n) is 7.90. The normalized spacial score (nSPS) is 15.0. The molecule has 2 amide bonds. The van der Waals surface area contributed by atoms with E-state index in [2.05, 4.69) is 10.6 Å². The van der Waals surface area contributed by atoms with Crippen LogP contribution in [0.15, 0.2) is 24.3 Å². The van der Waals surface area contributed by atoms with Crippen molar-refractivity contribution in [3.8, 4) is 0 Å². The van der Waals surface area contributed by atoms with E-state index in [1.165, 1.54) is 0 Å². The van der Waals surface area contributed by atoms with Gasteiger partial charge in [-0.2, -0.15) is 0 Å². The van der Waals surface area contributed by atoms with E-state index in [0.29, 0.717) is 26.1 Å². The molecule has 1 aromatic rings. The van der Waals surface area contributed by atoms with Gasteiger partial charge in [0.1, 0.15) is 0 Å². The van der Waals surface area contributed by atoms with Gasteiger partial charge in [0.15, 0.2) is 0 Å². The minimum absolute atomic E-state index is 0. The lowest BCUT2D eigenvalue weighted by molar-refractivity contribution is -0.121. The van der Waals surface area contributed by atoms with Crippen LogP contribution in [0.25, 0.3) is 0 Å². The SMILES string of the molecule is CNCCC(=O)NC1CCN(C(=O)c2ccc(C)cc2)CC1.Cl. The number of benzene rings is 1. The summed E-state index contributed by atoms with van der Waals surface area (Å²) < 4.78 is 0. The predicted octanol–water partition coefficient (Wildman–Crippen LogP) is 1.75. The minimum atomic E-state index is 0. The Kier molecular flexibility index (Phi) is 8.06. The van der Waals surface area contributed by atoms with Crippen molar-refractivity contribution in [3.05, 3.63) is 35.4 Å². The number of aryl methyl sites for hydroxylation is 1. The molecule has 6 heteroatoms. The summed E-state index contributed by atoms with van der Waals surface area (Å²) >= 11 is 0. The fourth-order valence-corrected chi connectivity index (χ4v) is 2.64. The molecule has 1 aromatic carbocycles. The molecular weight excluding hydrogens is 314 g/mol. The number of hydrogen-bond acceptors (Lipinski definition) is 3. The van der Waals surface area contributed by atoms with Crippen LogP contribution in [0.1, 0.15) is 35.2 Å².